The highest BCUT2D eigenvalue weighted by Crippen LogP contribution is 2.22. The predicted octanol–water partition coefficient (Wildman–Crippen LogP) is 1.68. The number of aliphatic hydroxyl groups excluding tert-OH is 1. The molecule has 1 aromatic rings. The van der Waals surface area contributed by atoms with E-state index < -0.39 is 0 Å². The van der Waals surface area contributed by atoms with E-state index in [0.717, 1.165) is 31.6 Å². The SMILES string of the molecule is COC(=O)c1ccccc1CN1CCC(C(C)O)C1. The largest absolute Gasteiger partial charge is 0.465 e. The van der Waals surface area contributed by atoms with E-state index in [9.17, 15) is 9.90 Å². The van der Waals surface area contributed by atoms with Crippen LogP contribution in [0.25, 0.3) is 0 Å². The Morgan fingerprint density at radius 2 is 2.26 bits per heavy atom. The molecule has 0 spiro atoms. The molecule has 1 heterocycles. The van der Waals surface area contributed by atoms with Gasteiger partial charge in [-0.3, -0.25) is 4.90 Å². The summed E-state index contributed by atoms with van der Waals surface area (Å²) >= 11 is 0. The number of methoxy groups -OCH3 is 1. The quantitative estimate of drug-likeness (QED) is 0.840. The van der Waals surface area contributed by atoms with E-state index in [-0.39, 0.29) is 12.1 Å². The molecule has 1 saturated heterocycles. The van der Waals surface area contributed by atoms with Crippen LogP contribution in [-0.2, 0) is 11.3 Å². The first kappa shape index (κ1) is 14.0. The fourth-order valence-electron chi connectivity index (χ4n) is 2.61. The molecule has 0 radical (unpaired) electrons. The van der Waals surface area contributed by atoms with E-state index in [4.69, 9.17) is 4.74 Å². The highest BCUT2D eigenvalue weighted by atomic mass is 16.5. The van der Waals surface area contributed by atoms with Crippen LogP contribution < -0.4 is 0 Å². The summed E-state index contributed by atoms with van der Waals surface area (Å²) in [6.07, 6.45) is 0.749. The molecular weight excluding hydrogens is 242 g/mol. The summed E-state index contributed by atoms with van der Waals surface area (Å²) in [7, 11) is 1.40. The summed E-state index contributed by atoms with van der Waals surface area (Å²) in [6, 6.07) is 7.54. The molecule has 0 aromatic heterocycles. The van der Waals surface area contributed by atoms with Crippen molar-refractivity contribution in [3.05, 3.63) is 35.4 Å². The lowest BCUT2D eigenvalue weighted by atomic mass is 10.0. The van der Waals surface area contributed by atoms with E-state index in [1.165, 1.54) is 7.11 Å². The van der Waals surface area contributed by atoms with Crippen molar-refractivity contribution < 1.29 is 14.6 Å². The van der Waals surface area contributed by atoms with Crippen LogP contribution in [0.4, 0.5) is 0 Å². The minimum Gasteiger partial charge on any atom is -0.465 e. The topological polar surface area (TPSA) is 49.8 Å². The number of nitrogens with zero attached hydrogens (tertiary/aromatic N) is 1. The average molecular weight is 263 g/mol. The molecule has 0 bridgehead atoms. The van der Waals surface area contributed by atoms with Gasteiger partial charge in [-0.05, 0) is 37.4 Å². The predicted molar refractivity (Wildman–Crippen MR) is 72.8 cm³/mol. The van der Waals surface area contributed by atoms with E-state index in [1.807, 2.05) is 25.1 Å². The van der Waals surface area contributed by atoms with Gasteiger partial charge in [0.05, 0.1) is 18.8 Å². The summed E-state index contributed by atoms with van der Waals surface area (Å²) in [5.41, 5.74) is 1.62. The normalized spacial score (nSPS) is 21.3. The zero-order valence-electron chi connectivity index (χ0n) is 11.5. The zero-order valence-corrected chi connectivity index (χ0v) is 11.5. The van der Waals surface area contributed by atoms with Gasteiger partial charge in [-0.1, -0.05) is 18.2 Å². The van der Waals surface area contributed by atoms with Crippen LogP contribution in [0.3, 0.4) is 0 Å². The molecule has 1 aliphatic rings. The molecule has 1 aromatic carbocycles. The van der Waals surface area contributed by atoms with Gasteiger partial charge < -0.3 is 9.84 Å². The maximum absolute atomic E-state index is 11.7. The second kappa shape index (κ2) is 6.17. The molecule has 1 aliphatic heterocycles. The Kier molecular flexibility index (Phi) is 4.56. The Balaban J connectivity index is 2.06. The molecule has 1 N–H and O–H groups in total. The minimum atomic E-state index is -0.290. The number of aliphatic hydroxyl groups is 1. The van der Waals surface area contributed by atoms with Gasteiger partial charge >= 0.3 is 5.97 Å². The van der Waals surface area contributed by atoms with Gasteiger partial charge in [0, 0.05) is 13.1 Å². The first-order valence-corrected chi connectivity index (χ1v) is 6.68. The lowest BCUT2D eigenvalue weighted by Gasteiger charge is -2.18. The number of hydrogen-bond donors (Lipinski definition) is 1. The van der Waals surface area contributed by atoms with Gasteiger partial charge in [0.1, 0.15) is 0 Å². The summed E-state index contributed by atoms with van der Waals surface area (Å²) in [5, 5.41) is 9.62. The van der Waals surface area contributed by atoms with E-state index in [1.54, 1.807) is 6.07 Å². The molecule has 2 atom stereocenters. The van der Waals surface area contributed by atoms with Crippen molar-refractivity contribution in [3.63, 3.8) is 0 Å². The van der Waals surface area contributed by atoms with Gasteiger partial charge in [-0.15, -0.1) is 0 Å². The average Bonchev–Trinajstić information content (AvgIpc) is 2.87. The Hall–Kier alpha value is -1.39. The van der Waals surface area contributed by atoms with Crippen molar-refractivity contribution in [2.75, 3.05) is 20.2 Å². The molecule has 0 amide bonds. The van der Waals surface area contributed by atoms with Crippen molar-refractivity contribution >= 4 is 5.97 Å². The molecule has 1 fully saturated rings. The number of carbonyl (C=O) groups is 1. The number of benzene rings is 1. The highest BCUT2D eigenvalue weighted by molar-refractivity contribution is 5.90. The van der Waals surface area contributed by atoms with Crippen LogP contribution in [0, 0.1) is 5.92 Å². The van der Waals surface area contributed by atoms with Crippen LogP contribution in [0.2, 0.25) is 0 Å². The summed E-state index contributed by atoms with van der Waals surface area (Å²) in [6.45, 7) is 4.42. The first-order valence-electron chi connectivity index (χ1n) is 6.68. The number of hydrogen-bond acceptors (Lipinski definition) is 4. The monoisotopic (exact) mass is 263 g/mol. The van der Waals surface area contributed by atoms with Crippen molar-refractivity contribution in [3.8, 4) is 0 Å². The Morgan fingerprint density at radius 3 is 2.89 bits per heavy atom. The van der Waals surface area contributed by atoms with Crippen LogP contribution >= 0.6 is 0 Å². The van der Waals surface area contributed by atoms with E-state index in [0.29, 0.717) is 11.5 Å². The minimum absolute atomic E-state index is 0.263. The number of esters is 1. The second-order valence-electron chi connectivity index (χ2n) is 5.17. The Morgan fingerprint density at radius 1 is 1.53 bits per heavy atom. The van der Waals surface area contributed by atoms with Crippen LogP contribution in [-0.4, -0.2) is 42.3 Å². The molecule has 0 saturated carbocycles. The fourth-order valence-corrected chi connectivity index (χ4v) is 2.61. The molecule has 104 valence electrons. The van der Waals surface area contributed by atoms with E-state index >= 15 is 0 Å². The number of likely N-dealkylation sites (tertiary alicyclic amines) is 1. The van der Waals surface area contributed by atoms with Crippen LogP contribution in [0.5, 0.6) is 0 Å². The lowest BCUT2D eigenvalue weighted by molar-refractivity contribution is 0.0598. The maximum atomic E-state index is 11.7. The third-order valence-electron chi connectivity index (χ3n) is 3.81. The summed E-state index contributed by atoms with van der Waals surface area (Å²) < 4.78 is 4.80. The third-order valence-corrected chi connectivity index (χ3v) is 3.81. The zero-order chi connectivity index (χ0) is 13.8. The van der Waals surface area contributed by atoms with Crippen molar-refractivity contribution in [1.82, 2.24) is 4.90 Å². The Labute approximate surface area is 114 Å². The summed E-state index contributed by atoms with van der Waals surface area (Å²) in [4.78, 5) is 14.0. The van der Waals surface area contributed by atoms with Gasteiger partial charge in [-0.25, -0.2) is 4.79 Å². The number of ether oxygens (including phenoxy) is 1. The molecule has 4 nitrogen and oxygen atoms in total. The summed E-state index contributed by atoms with van der Waals surface area (Å²) in [5.74, 6) is 0.0483. The molecule has 2 rings (SSSR count). The van der Waals surface area contributed by atoms with Gasteiger partial charge in [0.15, 0.2) is 0 Å². The van der Waals surface area contributed by atoms with E-state index in [2.05, 4.69) is 4.90 Å². The lowest BCUT2D eigenvalue weighted by Crippen LogP contribution is -2.24. The highest BCUT2D eigenvalue weighted by Gasteiger charge is 2.26. The number of carbonyl (C=O) groups excluding carboxylic acids is 1. The first-order chi connectivity index (χ1) is 9.11. The number of rotatable bonds is 4. The van der Waals surface area contributed by atoms with Gasteiger partial charge in [0.2, 0.25) is 0 Å². The molecule has 2 unspecified atom stereocenters. The van der Waals surface area contributed by atoms with Crippen molar-refractivity contribution in [1.29, 1.82) is 0 Å². The maximum Gasteiger partial charge on any atom is 0.338 e. The van der Waals surface area contributed by atoms with Gasteiger partial charge in [-0.2, -0.15) is 0 Å². The third kappa shape index (κ3) is 3.33. The van der Waals surface area contributed by atoms with Crippen molar-refractivity contribution in [2.24, 2.45) is 5.92 Å². The van der Waals surface area contributed by atoms with Crippen LogP contribution in [0.15, 0.2) is 24.3 Å². The second-order valence-corrected chi connectivity index (χ2v) is 5.17. The fraction of sp³-hybridized carbons (Fsp3) is 0.533. The molecule has 0 aliphatic carbocycles. The molecule has 19 heavy (non-hydrogen) atoms. The standard InChI is InChI=1S/C15H21NO3/c1-11(17)12-7-8-16(9-12)10-13-5-3-4-6-14(13)15(18)19-2/h3-6,11-12,17H,7-10H2,1-2H3. The van der Waals surface area contributed by atoms with Crippen molar-refractivity contribution in [2.45, 2.75) is 26.0 Å². The Bertz CT molecular complexity index is 445. The molecule has 4 heteroatoms. The van der Waals surface area contributed by atoms with Gasteiger partial charge in [0.25, 0.3) is 0 Å². The smallest absolute Gasteiger partial charge is 0.338 e. The molecular formula is C15H21NO3. The van der Waals surface area contributed by atoms with Crippen LogP contribution in [0.1, 0.15) is 29.3 Å².